The Morgan fingerprint density at radius 2 is 0.978 bits per heavy atom. The van der Waals surface area contributed by atoms with E-state index >= 15 is 0 Å². The molecule has 0 bridgehead atoms. The minimum Gasteiger partial charge on any atom is -0.361 e. The number of nitrogens with one attached hydrogen (secondary N) is 4. The zero-order valence-electron chi connectivity index (χ0n) is 51.6. The van der Waals surface area contributed by atoms with Crippen LogP contribution in [0.1, 0.15) is 86.8 Å². The van der Waals surface area contributed by atoms with Crippen molar-refractivity contribution in [2.45, 2.75) is 139 Å². The molecule has 20 nitrogen and oxygen atoms in total. The van der Waals surface area contributed by atoms with Crippen molar-refractivity contribution in [2.75, 3.05) is 40.3 Å². The van der Waals surface area contributed by atoms with Gasteiger partial charge in [0.05, 0.1) is 11.8 Å². The minimum absolute atomic E-state index is 0.138. The van der Waals surface area contributed by atoms with Gasteiger partial charge < -0.3 is 40.6 Å². The summed E-state index contributed by atoms with van der Waals surface area (Å²) in [5, 5.41) is 33.0. The topological polar surface area (TPSA) is 236 Å². The number of fused-ring (bicyclic) bond motifs is 10. The van der Waals surface area contributed by atoms with Crippen molar-refractivity contribution in [2.24, 2.45) is 23.7 Å². The van der Waals surface area contributed by atoms with Crippen molar-refractivity contribution in [3.05, 3.63) is 155 Å². The molecule has 4 aromatic carbocycles. The molecule has 10 aliphatic rings. The Balaban J connectivity index is 0.000000150. The zero-order chi connectivity index (χ0) is 62.5. The molecule has 8 aliphatic heterocycles. The van der Waals surface area contributed by atoms with Crippen molar-refractivity contribution in [3.8, 4) is 0 Å². The molecular weight excluding hydrogens is 1140 g/mol. The summed E-state index contributed by atoms with van der Waals surface area (Å²) in [4.78, 5) is 102. The molecule has 10 heterocycles. The van der Waals surface area contributed by atoms with Crippen LogP contribution in [0.2, 0.25) is 0 Å². The van der Waals surface area contributed by atoms with E-state index in [1.807, 2.05) is 99.0 Å². The molecule has 6 amide bonds. The van der Waals surface area contributed by atoms with E-state index in [1.54, 1.807) is 37.5 Å². The van der Waals surface area contributed by atoms with Gasteiger partial charge in [-0.2, -0.15) is 0 Å². The maximum absolute atomic E-state index is 14.6. The summed E-state index contributed by atoms with van der Waals surface area (Å²) in [6.45, 7) is 9.13. The number of carbonyl (C=O) groups is 6. The van der Waals surface area contributed by atoms with E-state index in [4.69, 9.17) is 9.47 Å². The number of rotatable bonds is 10. The summed E-state index contributed by atoms with van der Waals surface area (Å²) in [6.07, 6.45) is 12.8. The third kappa shape index (κ3) is 8.67. The Morgan fingerprint density at radius 1 is 0.578 bits per heavy atom. The Bertz CT molecular complexity index is 3760. The highest BCUT2D eigenvalue weighted by atomic mass is 16.7. The molecule has 2 aliphatic carbocycles. The van der Waals surface area contributed by atoms with Crippen molar-refractivity contribution in [1.29, 1.82) is 0 Å². The van der Waals surface area contributed by atoms with E-state index in [0.717, 1.165) is 57.3 Å². The van der Waals surface area contributed by atoms with E-state index in [-0.39, 0.29) is 48.6 Å². The van der Waals surface area contributed by atoms with Gasteiger partial charge in [-0.1, -0.05) is 125 Å². The van der Waals surface area contributed by atoms with Crippen LogP contribution in [-0.2, 0) is 63.9 Å². The van der Waals surface area contributed by atoms with E-state index in [2.05, 4.69) is 67.1 Å². The van der Waals surface area contributed by atoms with Crippen molar-refractivity contribution in [3.63, 3.8) is 0 Å². The van der Waals surface area contributed by atoms with Gasteiger partial charge in [0.2, 0.25) is 35.1 Å². The maximum Gasteiger partial charge on any atom is 0.281 e. The number of ether oxygens (including phenoxy) is 2. The minimum atomic E-state index is -2.06. The Hall–Kier alpha value is -7.98. The number of hydrogen-bond acceptors (Lipinski definition) is 12. The van der Waals surface area contributed by atoms with Crippen molar-refractivity contribution >= 4 is 68.4 Å². The Labute approximate surface area is 522 Å². The Kier molecular flexibility index (Phi) is 13.8. The van der Waals surface area contributed by atoms with E-state index in [1.165, 1.54) is 31.7 Å². The van der Waals surface area contributed by atoms with Gasteiger partial charge in [-0.05, 0) is 109 Å². The monoisotopic (exact) mass is 1220 g/mol. The number of hydrogen-bond donors (Lipinski definition) is 6. The third-order valence-electron chi connectivity index (χ3n) is 21.5. The fourth-order valence-corrected chi connectivity index (χ4v) is 16.9. The van der Waals surface area contributed by atoms with Crippen LogP contribution in [0, 0.1) is 23.7 Å². The zero-order valence-corrected chi connectivity index (χ0v) is 51.6. The first-order valence-corrected chi connectivity index (χ1v) is 32.1. The summed E-state index contributed by atoms with van der Waals surface area (Å²) in [5.74, 6) is -8.54. The van der Waals surface area contributed by atoms with Crippen LogP contribution in [0.25, 0.3) is 33.0 Å². The first-order chi connectivity index (χ1) is 43.2. The number of carbonyl (C=O) groups excluding carboxylic acids is 6. The summed E-state index contributed by atoms with van der Waals surface area (Å²) in [7, 11) is 4.06. The van der Waals surface area contributed by atoms with Gasteiger partial charge in [0.25, 0.3) is 23.6 Å². The average molecular weight is 1220 g/mol. The van der Waals surface area contributed by atoms with Crippen LogP contribution >= 0.6 is 0 Å². The molecule has 20 heteroatoms. The van der Waals surface area contributed by atoms with Gasteiger partial charge >= 0.3 is 0 Å². The van der Waals surface area contributed by atoms with E-state index in [0.29, 0.717) is 51.9 Å². The van der Waals surface area contributed by atoms with Crippen molar-refractivity contribution < 1.29 is 48.5 Å². The molecule has 0 saturated carbocycles. The van der Waals surface area contributed by atoms with Gasteiger partial charge in [0.1, 0.15) is 24.2 Å². The third-order valence-corrected chi connectivity index (χ3v) is 21.5. The number of benzene rings is 4. The standard InChI is InChI=1S/2C35H39N5O5/c2*1-20(2)34(37-31(41)23-16-25-24-11-7-12-26-30(24)22(18-36-26)17-27(25)38(3)19-23)33(43)40-28(15-21-9-5-4-6-10-21)32(42)39-14-8-13-29(39)35(40,44)45-34/h2*4-7,9-12,16,18,20,23,27-29,36,44H,8,13-15,17,19H2,1-3H3,(H,37,41). The van der Waals surface area contributed by atoms with Crippen LogP contribution in [0.4, 0.5) is 0 Å². The molecule has 0 radical (unpaired) electrons. The summed E-state index contributed by atoms with van der Waals surface area (Å²) >= 11 is 0. The fourth-order valence-electron chi connectivity index (χ4n) is 16.9. The number of aromatic amines is 2. The highest BCUT2D eigenvalue weighted by Gasteiger charge is 2.74. The number of nitrogens with zero attached hydrogens (tertiary/aromatic N) is 6. The van der Waals surface area contributed by atoms with Crippen molar-refractivity contribution in [1.82, 2.24) is 50.0 Å². The van der Waals surface area contributed by atoms with Crippen LogP contribution in [-0.4, -0.2) is 185 Å². The lowest BCUT2D eigenvalue weighted by Gasteiger charge is -2.48. The molecule has 16 rings (SSSR count). The second-order valence-corrected chi connectivity index (χ2v) is 27.3. The normalized spacial score (nSPS) is 32.5. The molecule has 6 N–H and O–H groups in total. The van der Waals surface area contributed by atoms with Crippen LogP contribution in [0.15, 0.2) is 122 Å². The lowest BCUT2D eigenvalue weighted by atomic mass is 9.79. The summed E-state index contributed by atoms with van der Waals surface area (Å²) in [6, 6.07) is 28.3. The average Bonchev–Trinajstić information content (AvgIpc) is 1.56. The van der Waals surface area contributed by atoms with E-state index < -0.39 is 82.9 Å². The molecule has 12 atom stereocenters. The van der Waals surface area contributed by atoms with Crippen LogP contribution < -0.4 is 10.6 Å². The second kappa shape index (κ2) is 21.3. The van der Waals surface area contributed by atoms with Crippen LogP contribution in [0.5, 0.6) is 0 Å². The van der Waals surface area contributed by atoms with Gasteiger partial charge in [-0.3, -0.25) is 57.8 Å². The molecule has 468 valence electrons. The van der Waals surface area contributed by atoms with Gasteiger partial charge in [-0.15, -0.1) is 0 Å². The molecule has 6 aromatic rings. The molecule has 2 aromatic heterocycles. The highest BCUT2D eigenvalue weighted by Crippen LogP contribution is 2.51. The summed E-state index contributed by atoms with van der Waals surface area (Å²) in [5.41, 5.74) is 7.19. The lowest BCUT2D eigenvalue weighted by Crippen LogP contribution is -2.71. The van der Waals surface area contributed by atoms with E-state index in [9.17, 15) is 39.0 Å². The number of aromatic nitrogens is 2. The first-order valence-electron chi connectivity index (χ1n) is 32.1. The number of H-pyrrole nitrogens is 2. The molecule has 0 spiro atoms. The quantitative estimate of drug-likeness (QED) is 0.103. The van der Waals surface area contributed by atoms with Gasteiger partial charge in [0, 0.05) is 97.1 Å². The van der Waals surface area contributed by atoms with Gasteiger partial charge in [-0.25, -0.2) is 0 Å². The Morgan fingerprint density at radius 3 is 1.37 bits per heavy atom. The molecule has 90 heavy (non-hydrogen) atoms. The molecule has 6 saturated heterocycles. The van der Waals surface area contributed by atoms with Gasteiger partial charge in [0.15, 0.2) is 0 Å². The predicted octanol–water partition coefficient (Wildman–Crippen LogP) is 5.25. The predicted molar refractivity (Wildman–Crippen MR) is 334 cm³/mol. The van der Waals surface area contributed by atoms with Crippen LogP contribution in [0.3, 0.4) is 0 Å². The fraction of sp³-hybridized carbons (Fsp3) is 0.457. The maximum atomic E-state index is 14.6. The highest BCUT2D eigenvalue weighted by molar-refractivity contribution is 6.03. The lowest BCUT2D eigenvalue weighted by molar-refractivity contribution is -0.322. The second-order valence-electron chi connectivity index (χ2n) is 27.3. The molecule has 6 fully saturated rings. The number of aliphatic hydroxyl groups is 2. The number of amides is 6. The SMILES string of the molecule is CC(C)C1(NC(=O)C2C=C3c4cccc5[nH]cc(c45)CC3N(C)C2)OC2(O)C3CCCN3C(=O)C(Cc3ccccc3)N2C1=O.CC(C)C1(NC(=O)C2C=C3c4cccc5[nH]cc(c45)CC3N(C)C2)OC2(O)C3CCCN3C(=O)C(Cc3ccccc3)N2C1=O. The molecule has 12 unspecified atom stereocenters. The summed E-state index contributed by atoms with van der Waals surface area (Å²) < 4.78 is 13.0. The number of piperazine rings is 2. The molecular formula is C70H78N10O10. The largest absolute Gasteiger partial charge is 0.361 e. The smallest absolute Gasteiger partial charge is 0.281 e. The number of likely N-dealkylation sites (N-methyl/N-ethyl adjacent to an activating group) is 2. The first kappa shape index (κ1) is 58.4.